The number of amides is 1. The van der Waals surface area contributed by atoms with Crippen molar-refractivity contribution in [2.24, 2.45) is 0 Å². The number of rotatable bonds is 7. The van der Waals surface area contributed by atoms with Gasteiger partial charge in [0.15, 0.2) is 0 Å². The first-order valence-corrected chi connectivity index (χ1v) is 9.69. The van der Waals surface area contributed by atoms with Gasteiger partial charge >= 0.3 is 0 Å². The Hall–Kier alpha value is -3.77. The summed E-state index contributed by atoms with van der Waals surface area (Å²) < 4.78 is 4.93. The standard InChI is InChI=1S/C24H22N4O2/c1-30-14-13-25-23(29)18-7-10-21(11-8-18)27-24-26-16-20-15-19(9-12-22(20)28-24)17-5-3-2-4-6-17/h2-12,15-16H,13-14H2,1H3,(H,25,29)(H,26,27,28). The van der Waals surface area contributed by atoms with Gasteiger partial charge < -0.3 is 15.4 Å². The Morgan fingerprint density at radius 2 is 1.77 bits per heavy atom. The molecular formula is C24H22N4O2. The summed E-state index contributed by atoms with van der Waals surface area (Å²) in [4.78, 5) is 21.1. The minimum absolute atomic E-state index is 0.130. The maximum Gasteiger partial charge on any atom is 0.251 e. The lowest BCUT2D eigenvalue weighted by Crippen LogP contribution is -2.26. The lowest BCUT2D eigenvalue weighted by molar-refractivity contribution is 0.0937. The van der Waals surface area contributed by atoms with Gasteiger partial charge in [0.05, 0.1) is 12.1 Å². The number of nitrogens with one attached hydrogen (secondary N) is 2. The van der Waals surface area contributed by atoms with Crippen molar-refractivity contribution < 1.29 is 9.53 Å². The summed E-state index contributed by atoms with van der Waals surface area (Å²) in [7, 11) is 1.60. The van der Waals surface area contributed by atoms with E-state index in [0.717, 1.165) is 27.7 Å². The molecule has 0 atom stereocenters. The van der Waals surface area contributed by atoms with E-state index < -0.39 is 0 Å². The molecule has 1 aromatic heterocycles. The number of aromatic nitrogens is 2. The Morgan fingerprint density at radius 1 is 0.967 bits per heavy atom. The lowest BCUT2D eigenvalue weighted by Gasteiger charge is -2.08. The topological polar surface area (TPSA) is 76.1 Å². The summed E-state index contributed by atoms with van der Waals surface area (Å²) in [5.74, 6) is 0.377. The summed E-state index contributed by atoms with van der Waals surface area (Å²) in [5, 5.41) is 6.96. The second-order valence-electron chi connectivity index (χ2n) is 6.78. The van der Waals surface area contributed by atoms with Crippen LogP contribution in [0.15, 0.2) is 79.0 Å². The zero-order valence-corrected chi connectivity index (χ0v) is 16.6. The molecule has 0 radical (unpaired) electrons. The third-order valence-electron chi connectivity index (χ3n) is 4.68. The summed E-state index contributed by atoms with van der Waals surface area (Å²) in [6.07, 6.45) is 1.81. The van der Waals surface area contributed by atoms with Gasteiger partial charge in [-0.05, 0) is 47.5 Å². The van der Waals surface area contributed by atoms with Crippen LogP contribution >= 0.6 is 0 Å². The molecule has 0 aliphatic heterocycles. The van der Waals surface area contributed by atoms with Crippen LogP contribution in [0, 0.1) is 0 Å². The zero-order valence-electron chi connectivity index (χ0n) is 16.6. The van der Waals surface area contributed by atoms with E-state index in [9.17, 15) is 4.79 Å². The third kappa shape index (κ3) is 4.61. The highest BCUT2D eigenvalue weighted by Gasteiger charge is 2.06. The van der Waals surface area contributed by atoms with E-state index in [0.29, 0.717) is 24.7 Å². The van der Waals surface area contributed by atoms with E-state index >= 15 is 0 Å². The maximum atomic E-state index is 12.1. The first-order chi connectivity index (χ1) is 14.7. The number of fused-ring (bicyclic) bond motifs is 1. The Balaban J connectivity index is 1.47. The average Bonchev–Trinajstić information content (AvgIpc) is 2.80. The summed E-state index contributed by atoms with van der Waals surface area (Å²) in [6, 6.07) is 23.6. The Morgan fingerprint density at radius 3 is 2.53 bits per heavy atom. The van der Waals surface area contributed by atoms with Crippen molar-refractivity contribution in [3.8, 4) is 11.1 Å². The minimum Gasteiger partial charge on any atom is -0.383 e. The van der Waals surface area contributed by atoms with Crippen LogP contribution in [0.3, 0.4) is 0 Å². The van der Waals surface area contributed by atoms with E-state index in [2.05, 4.69) is 44.9 Å². The molecule has 30 heavy (non-hydrogen) atoms. The lowest BCUT2D eigenvalue weighted by atomic mass is 10.0. The first-order valence-electron chi connectivity index (χ1n) is 9.69. The van der Waals surface area contributed by atoms with Crippen molar-refractivity contribution in [1.29, 1.82) is 0 Å². The molecule has 4 aromatic rings. The number of nitrogens with zero attached hydrogens (tertiary/aromatic N) is 2. The van der Waals surface area contributed by atoms with Gasteiger partial charge in [-0.1, -0.05) is 36.4 Å². The highest BCUT2D eigenvalue weighted by atomic mass is 16.5. The molecule has 6 nitrogen and oxygen atoms in total. The van der Waals surface area contributed by atoms with Gasteiger partial charge in [-0.2, -0.15) is 0 Å². The fourth-order valence-electron chi connectivity index (χ4n) is 3.11. The Kier molecular flexibility index (Phi) is 5.96. The molecule has 3 aromatic carbocycles. The number of hydrogen-bond donors (Lipinski definition) is 2. The second-order valence-corrected chi connectivity index (χ2v) is 6.78. The summed E-state index contributed by atoms with van der Waals surface area (Å²) in [5.41, 5.74) is 4.55. The van der Waals surface area contributed by atoms with Crippen molar-refractivity contribution in [2.75, 3.05) is 25.6 Å². The molecule has 0 fully saturated rings. The molecule has 150 valence electrons. The molecule has 0 aliphatic rings. The van der Waals surface area contributed by atoms with E-state index in [-0.39, 0.29) is 5.91 Å². The molecule has 2 N–H and O–H groups in total. The van der Waals surface area contributed by atoms with Gasteiger partial charge in [0.25, 0.3) is 5.91 Å². The number of benzene rings is 3. The van der Waals surface area contributed by atoms with Gasteiger partial charge in [-0.25, -0.2) is 9.97 Å². The molecule has 0 aliphatic carbocycles. The molecule has 4 rings (SSSR count). The molecule has 1 amide bonds. The van der Waals surface area contributed by atoms with Crippen LogP contribution in [-0.4, -0.2) is 36.1 Å². The number of methoxy groups -OCH3 is 1. The van der Waals surface area contributed by atoms with E-state index in [1.54, 1.807) is 19.2 Å². The average molecular weight is 398 g/mol. The highest BCUT2D eigenvalue weighted by Crippen LogP contribution is 2.24. The normalized spacial score (nSPS) is 10.7. The number of hydrogen-bond acceptors (Lipinski definition) is 5. The predicted molar refractivity (Wildman–Crippen MR) is 119 cm³/mol. The third-order valence-corrected chi connectivity index (χ3v) is 4.68. The van der Waals surface area contributed by atoms with Crippen LogP contribution in [0.5, 0.6) is 0 Å². The number of carbonyl (C=O) groups is 1. The van der Waals surface area contributed by atoms with Crippen molar-refractivity contribution in [3.05, 3.63) is 84.6 Å². The smallest absolute Gasteiger partial charge is 0.251 e. The predicted octanol–water partition coefficient (Wildman–Crippen LogP) is 4.42. The van der Waals surface area contributed by atoms with Crippen molar-refractivity contribution in [2.45, 2.75) is 0 Å². The van der Waals surface area contributed by atoms with Gasteiger partial charge in [0.2, 0.25) is 5.95 Å². The fourth-order valence-corrected chi connectivity index (χ4v) is 3.11. The minimum atomic E-state index is -0.130. The summed E-state index contributed by atoms with van der Waals surface area (Å²) in [6.45, 7) is 0.962. The van der Waals surface area contributed by atoms with E-state index in [1.807, 2.05) is 42.6 Å². The molecule has 6 heteroatoms. The second kappa shape index (κ2) is 9.15. The van der Waals surface area contributed by atoms with Crippen LogP contribution in [0.25, 0.3) is 22.0 Å². The molecule has 0 saturated heterocycles. The van der Waals surface area contributed by atoms with Gasteiger partial charge in [-0.15, -0.1) is 0 Å². The van der Waals surface area contributed by atoms with Crippen LogP contribution in [0.1, 0.15) is 10.4 Å². The maximum absolute atomic E-state index is 12.1. The van der Waals surface area contributed by atoms with Gasteiger partial charge in [0.1, 0.15) is 0 Å². The quantitative estimate of drug-likeness (QED) is 0.451. The number of carbonyl (C=O) groups excluding carboxylic acids is 1. The molecule has 1 heterocycles. The molecule has 0 unspecified atom stereocenters. The van der Waals surface area contributed by atoms with E-state index in [1.165, 1.54) is 0 Å². The first kappa shape index (κ1) is 19.5. The fraction of sp³-hybridized carbons (Fsp3) is 0.125. The number of ether oxygens (including phenoxy) is 1. The van der Waals surface area contributed by atoms with E-state index in [4.69, 9.17) is 4.74 Å². The summed E-state index contributed by atoms with van der Waals surface area (Å²) >= 11 is 0. The molecule has 0 bridgehead atoms. The van der Waals surface area contributed by atoms with Crippen LogP contribution in [0.2, 0.25) is 0 Å². The van der Waals surface area contributed by atoms with Crippen LogP contribution in [0.4, 0.5) is 11.6 Å². The van der Waals surface area contributed by atoms with Gasteiger partial charge in [-0.3, -0.25) is 4.79 Å². The number of anilines is 2. The largest absolute Gasteiger partial charge is 0.383 e. The van der Waals surface area contributed by atoms with Crippen molar-refractivity contribution >= 4 is 28.4 Å². The molecular weight excluding hydrogens is 376 g/mol. The molecule has 0 spiro atoms. The monoisotopic (exact) mass is 398 g/mol. The van der Waals surface area contributed by atoms with Crippen LogP contribution in [-0.2, 0) is 4.74 Å². The van der Waals surface area contributed by atoms with Gasteiger partial charge in [0, 0.05) is 36.5 Å². The Labute approximate surface area is 175 Å². The van der Waals surface area contributed by atoms with Crippen molar-refractivity contribution in [3.63, 3.8) is 0 Å². The van der Waals surface area contributed by atoms with Crippen molar-refractivity contribution in [1.82, 2.24) is 15.3 Å². The Bertz CT molecular complexity index is 1140. The molecule has 0 saturated carbocycles. The van der Waals surface area contributed by atoms with Crippen LogP contribution < -0.4 is 10.6 Å². The SMILES string of the molecule is COCCNC(=O)c1ccc(Nc2ncc3cc(-c4ccccc4)ccc3n2)cc1. The zero-order chi connectivity index (χ0) is 20.8. The highest BCUT2D eigenvalue weighted by molar-refractivity contribution is 5.94.